The van der Waals surface area contributed by atoms with Gasteiger partial charge in [-0.05, 0) is 31.0 Å². The molecule has 20 heavy (non-hydrogen) atoms. The number of pyridine rings is 1. The van der Waals surface area contributed by atoms with Crippen molar-refractivity contribution in [2.75, 3.05) is 4.90 Å². The topological polar surface area (TPSA) is 53.2 Å². The van der Waals surface area contributed by atoms with E-state index in [2.05, 4.69) is 4.98 Å². The van der Waals surface area contributed by atoms with Gasteiger partial charge in [0.1, 0.15) is 5.02 Å². The van der Waals surface area contributed by atoms with E-state index in [1.807, 2.05) is 31.2 Å². The first-order valence-corrected chi connectivity index (χ1v) is 6.75. The van der Waals surface area contributed by atoms with Crippen LogP contribution in [0.2, 0.25) is 5.02 Å². The highest BCUT2D eigenvalue weighted by Gasteiger charge is 2.31. The quantitative estimate of drug-likeness (QED) is 0.877. The molecule has 0 fully saturated rings. The van der Waals surface area contributed by atoms with Crippen LogP contribution in [0.25, 0.3) is 0 Å². The fraction of sp³-hybridized carbons (Fsp3) is 0.200. The Bertz CT molecular complexity index is 739. The molecular formula is C15H13ClN2O2. The normalized spacial score (nSPS) is 17.1. The van der Waals surface area contributed by atoms with Crippen LogP contribution in [-0.4, -0.2) is 16.9 Å². The molecule has 0 bridgehead atoms. The van der Waals surface area contributed by atoms with Gasteiger partial charge in [-0.25, -0.2) is 0 Å². The lowest BCUT2D eigenvalue weighted by atomic mass is 10.1. The number of carbonyl (C=O) groups is 1. The van der Waals surface area contributed by atoms with Crippen LogP contribution in [0, 0.1) is 0 Å². The molecule has 1 aromatic heterocycles. The molecule has 5 heteroatoms. The number of nitrogens with one attached hydrogen (secondary N) is 1. The second-order valence-electron chi connectivity index (χ2n) is 4.92. The summed E-state index contributed by atoms with van der Waals surface area (Å²) in [5.74, 6) is -0.152. The van der Waals surface area contributed by atoms with Crippen LogP contribution in [0.5, 0.6) is 0 Å². The summed E-state index contributed by atoms with van der Waals surface area (Å²) in [6, 6.07) is 9.35. The summed E-state index contributed by atoms with van der Waals surface area (Å²) >= 11 is 5.79. The molecule has 0 aliphatic carbocycles. The van der Waals surface area contributed by atoms with Crippen molar-refractivity contribution in [3.63, 3.8) is 0 Å². The van der Waals surface area contributed by atoms with Gasteiger partial charge in [0.2, 0.25) is 0 Å². The van der Waals surface area contributed by atoms with E-state index < -0.39 is 5.56 Å². The van der Waals surface area contributed by atoms with Gasteiger partial charge in [0.25, 0.3) is 11.5 Å². The maximum Gasteiger partial charge on any atom is 0.266 e. The van der Waals surface area contributed by atoms with E-state index in [9.17, 15) is 9.59 Å². The number of hydrogen-bond acceptors (Lipinski definition) is 2. The Labute approximate surface area is 121 Å². The van der Waals surface area contributed by atoms with Crippen LogP contribution in [0.15, 0.2) is 41.3 Å². The molecule has 1 aromatic carbocycles. The first kappa shape index (κ1) is 12.9. The lowest BCUT2D eigenvalue weighted by Gasteiger charge is -2.22. The van der Waals surface area contributed by atoms with Crippen molar-refractivity contribution in [2.45, 2.75) is 19.4 Å². The summed E-state index contributed by atoms with van der Waals surface area (Å²) in [6.07, 6.45) is 2.24. The predicted molar refractivity (Wildman–Crippen MR) is 78.5 cm³/mol. The number of fused-ring (bicyclic) bond motifs is 1. The Kier molecular flexibility index (Phi) is 3.10. The molecule has 0 radical (unpaired) electrons. The molecule has 1 N–H and O–H groups in total. The monoisotopic (exact) mass is 288 g/mol. The number of carbonyl (C=O) groups excluding carboxylic acids is 1. The third kappa shape index (κ3) is 2.02. The number of amides is 1. The lowest BCUT2D eigenvalue weighted by Crippen LogP contribution is -2.36. The predicted octanol–water partition coefficient (Wildman–Crippen LogP) is 2.62. The van der Waals surface area contributed by atoms with Crippen molar-refractivity contribution in [1.82, 2.24) is 4.98 Å². The third-order valence-corrected chi connectivity index (χ3v) is 3.81. The molecule has 102 valence electrons. The van der Waals surface area contributed by atoms with E-state index in [0.29, 0.717) is 5.56 Å². The molecule has 1 aliphatic heterocycles. The van der Waals surface area contributed by atoms with Crippen LogP contribution in [0.4, 0.5) is 5.69 Å². The summed E-state index contributed by atoms with van der Waals surface area (Å²) in [5.41, 5.74) is 2.08. The lowest BCUT2D eigenvalue weighted by molar-refractivity contribution is 0.0981. The first-order valence-electron chi connectivity index (χ1n) is 6.37. The van der Waals surface area contributed by atoms with E-state index >= 15 is 0 Å². The van der Waals surface area contributed by atoms with Gasteiger partial charge in [-0.2, -0.15) is 0 Å². The molecule has 0 saturated carbocycles. The maximum absolute atomic E-state index is 12.6. The second-order valence-corrected chi connectivity index (χ2v) is 5.33. The summed E-state index contributed by atoms with van der Waals surface area (Å²) in [6.45, 7) is 2.01. The van der Waals surface area contributed by atoms with Crippen molar-refractivity contribution in [3.05, 3.63) is 63.0 Å². The van der Waals surface area contributed by atoms with Gasteiger partial charge in [0.05, 0.1) is 5.56 Å². The summed E-state index contributed by atoms with van der Waals surface area (Å²) < 4.78 is 0. The Morgan fingerprint density at radius 3 is 2.90 bits per heavy atom. The van der Waals surface area contributed by atoms with E-state index in [-0.39, 0.29) is 17.0 Å². The van der Waals surface area contributed by atoms with E-state index in [1.54, 1.807) is 4.90 Å². The van der Waals surface area contributed by atoms with Gasteiger partial charge in [0.15, 0.2) is 0 Å². The molecule has 2 heterocycles. The molecule has 1 aliphatic rings. The molecule has 4 nitrogen and oxygen atoms in total. The molecular weight excluding hydrogens is 276 g/mol. The number of para-hydroxylation sites is 1. The number of halogens is 1. The van der Waals surface area contributed by atoms with E-state index in [4.69, 9.17) is 11.6 Å². The number of aromatic amines is 1. The SMILES string of the molecule is CC1Cc2ccccc2N1C(=O)c1c[nH]c(=O)c(Cl)c1. The third-order valence-electron chi connectivity index (χ3n) is 3.53. The Balaban J connectivity index is 2.02. The first-order chi connectivity index (χ1) is 9.58. The van der Waals surface area contributed by atoms with Crippen LogP contribution in [-0.2, 0) is 6.42 Å². The fourth-order valence-electron chi connectivity index (χ4n) is 2.59. The molecule has 1 atom stereocenters. The van der Waals surface area contributed by atoms with Crippen molar-refractivity contribution < 1.29 is 4.79 Å². The maximum atomic E-state index is 12.6. The van der Waals surface area contributed by atoms with E-state index in [1.165, 1.54) is 12.3 Å². The fourth-order valence-corrected chi connectivity index (χ4v) is 2.77. The zero-order valence-corrected chi connectivity index (χ0v) is 11.6. The van der Waals surface area contributed by atoms with Gasteiger partial charge in [-0.15, -0.1) is 0 Å². The highest BCUT2D eigenvalue weighted by molar-refractivity contribution is 6.30. The van der Waals surface area contributed by atoms with Crippen LogP contribution >= 0.6 is 11.6 Å². The smallest absolute Gasteiger partial charge is 0.266 e. The van der Waals surface area contributed by atoms with Crippen molar-refractivity contribution in [1.29, 1.82) is 0 Å². The highest BCUT2D eigenvalue weighted by atomic mass is 35.5. The molecule has 1 amide bonds. The van der Waals surface area contributed by atoms with Gasteiger partial charge in [-0.1, -0.05) is 29.8 Å². The number of anilines is 1. The average Bonchev–Trinajstić information content (AvgIpc) is 2.77. The molecule has 0 spiro atoms. The molecule has 0 saturated heterocycles. The van der Waals surface area contributed by atoms with Crippen LogP contribution in [0.3, 0.4) is 0 Å². The van der Waals surface area contributed by atoms with Crippen molar-refractivity contribution in [3.8, 4) is 0 Å². The van der Waals surface area contributed by atoms with Gasteiger partial charge in [-0.3, -0.25) is 9.59 Å². The zero-order chi connectivity index (χ0) is 14.3. The van der Waals surface area contributed by atoms with Crippen LogP contribution in [0.1, 0.15) is 22.8 Å². The average molecular weight is 289 g/mol. The molecule has 2 aromatic rings. The van der Waals surface area contributed by atoms with Crippen molar-refractivity contribution >= 4 is 23.2 Å². The van der Waals surface area contributed by atoms with Crippen molar-refractivity contribution in [2.24, 2.45) is 0 Å². The summed E-state index contributed by atoms with van der Waals surface area (Å²) in [5, 5.41) is 0.0241. The molecule has 3 rings (SSSR count). The summed E-state index contributed by atoms with van der Waals surface area (Å²) in [7, 11) is 0. The Morgan fingerprint density at radius 1 is 1.40 bits per heavy atom. The highest BCUT2D eigenvalue weighted by Crippen LogP contribution is 2.32. The standard InChI is InChI=1S/C15H13ClN2O2/c1-9-6-10-4-2-3-5-13(10)18(9)15(20)11-7-12(16)14(19)17-8-11/h2-5,7-9H,6H2,1H3,(H,17,19). The van der Waals surface area contributed by atoms with E-state index in [0.717, 1.165) is 17.7 Å². The zero-order valence-electron chi connectivity index (χ0n) is 10.9. The minimum absolute atomic E-state index is 0.0241. The number of nitrogens with zero attached hydrogens (tertiary/aromatic N) is 1. The Hall–Kier alpha value is -2.07. The van der Waals surface area contributed by atoms with Gasteiger partial charge in [0, 0.05) is 17.9 Å². The Morgan fingerprint density at radius 2 is 2.15 bits per heavy atom. The largest absolute Gasteiger partial charge is 0.327 e. The number of aromatic nitrogens is 1. The minimum atomic E-state index is -0.391. The summed E-state index contributed by atoms with van der Waals surface area (Å²) in [4.78, 5) is 28.1. The van der Waals surface area contributed by atoms with Gasteiger partial charge >= 0.3 is 0 Å². The number of rotatable bonds is 1. The molecule has 1 unspecified atom stereocenters. The van der Waals surface area contributed by atoms with Gasteiger partial charge < -0.3 is 9.88 Å². The van der Waals surface area contributed by atoms with Crippen LogP contribution < -0.4 is 10.5 Å². The minimum Gasteiger partial charge on any atom is -0.327 e. The number of benzene rings is 1. The number of hydrogen-bond donors (Lipinski definition) is 1. The number of H-pyrrole nitrogens is 1. The second kappa shape index (κ2) is 4.80.